The van der Waals surface area contributed by atoms with E-state index in [-0.39, 0.29) is 0 Å². The number of aromatic amines is 1. The Labute approximate surface area is 149 Å². The summed E-state index contributed by atoms with van der Waals surface area (Å²) in [5.74, 6) is 0.490. The average molecular weight is 341 g/mol. The van der Waals surface area contributed by atoms with Crippen LogP contribution in [0.4, 0.5) is 0 Å². The highest BCUT2D eigenvalue weighted by atomic mass is 16.1. The first-order valence-electron chi connectivity index (χ1n) is 9.01. The van der Waals surface area contributed by atoms with Gasteiger partial charge in [0.15, 0.2) is 5.78 Å². The number of Topliss-reactive ketones (excluding diaryl/α,β-unsaturated/α-hetero) is 1. The van der Waals surface area contributed by atoms with E-state index >= 15 is 0 Å². The van der Waals surface area contributed by atoms with E-state index in [0.717, 1.165) is 18.4 Å². The number of amides is 1. The lowest BCUT2D eigenvalue weighted by Gasteiger charge is -2.20. The van der Waals surface area contributed by atoms with Crippen molar-refractivity contribution in [3.8, 4) is 0 Å². The standard InChI is InChI=1S/C16H22O.C4H5N3O/c1-2-13-8-10-15(11-9-13)16(17)12-14-6-4-3-5-7-14;5-4(8)3-1-2-6-7-3/h8-11,14H,2-7,12H2,1H3;1-2H,(H2,5,8)(H,6,7). The van der Waals surface area contributed by atoms with Gasteiger partial charge in [-0.1, -0.05) is 63.3 Å². The molecule has 25 heavy (non-hydrogen) atoms. The molecule has 0 atom stereocenters. The van der Waals surface area contributed by atoms with Crippen LogP contribution in [-0.4, -0.2) is 21.9 Å². The first-order valence-corrected chi connectivity index (χ1v) is 9.01. The zero-order valence-electron chi connectivity index (χ0n) is 14.8. The Kier molecular flexibility index (Phi) is 7.38. The average Bonchev–Trinajstić information content (AvgIpc) is 3.18. The van der Waals surface area contributed by atoms with Crippen LogP contribution in [-0.2, 0) is 6.42 Å². The molecule has 1 aliphatic carbocycles. The molecule has 1 saturated carbocycles. The van der Waals surface area contributed by atoms with E-state index in [1.807, 2.05) is 12.1 Å². The number of rotatable bonds is 5. The van der Waals surface area contributed by atoms with Crippen LogP contribution in [0.15, 0.2) is 36.5 Å². The lowest BCUT2D eigenvalue weighted by molar-refractivity contribution is 0.0949. The quantitative estimate of drug-likeness (QED) is 0.808. The number of carbonyl (C=O) groups excluding carboxylic acids is 2. The van der Waals surface area contributed by atoms with Gasteiger partial charge in [-0.3, -0.25) is 14.7 Å². The van der Waals surface area contributed by atoms with Crippen LogP contribution in [0.2, 0.25) is 0 Å². The predicted octanol–water partition coefficient (Wildman–Crippen LogP) is 3.91. The second kappa shape index (κ2) is 9.77. The summed E-state index contributed by atoms with van der Waals surface area (Å²) >= 11 is 0. The minimum absolute atomic E-state index is 0.333. The minimum atomic E-state index is -0.484. The summed E-state index contributed by atoms with van der Waals surface area (Å²) in [4.78, 5) is 22.3. The molecule has 5 nitrogen and oxygen atoms in total. The van der Waals surface area contributed by atoms with Crippen molar-refractivity contribution in [2.45, 2.75) is 51.9 Å². The molecular weight excluding hydrogens is 314 g/mol. The number of nitrogens with two attached hydrogens (primary N) is 1. The molecule has 1 aromatic carbocycles. The van der Waals surface area contributed by atoms with Gasteiger partial charge in [-0.25, -0.2) is 0 Å². The number of hydrogen-bond acceptors (Lipinski definition) is 3. The first kappa shape index (κ1) is 18.9. The Morgan fingerprint density at radius 1 is 1.12 bits per heavy atom. The van der Waals surface area contributed by atoms with Crippen molar-refractivity contribution in [3.05, 3.63) is 53.3 Å². The lowest BCUT2D eigenvalue weighted by Crippen LogP contribution is -2.12. The second-order valence-corrected chi connectivity index (χ2v) is 6.52. The van der Waals surface area contributed by atoms with Gasteiger partial charge in [0.2, 0.25) is 0 Å². The predicted molar refractivity (Wildman–Crippen MR) is 98.4 cm³/mol. The molecule has 1 aliphatic rings. The molecule has 5 heteroatoms. The fraction of sp³-hybridized carbons (Fsp3) is 0.450. The largest absolute Gasteiger partial charge is 0.364 e. The Morgan fingerprint density at radius 3 is 2.28 bits per heavy atom. The second-order valence-electron chi connectivity index (χ2n) is 6.52. The molecular formula is C20H27N3O2. The summed E-state index contributed by atoms with van der Waals surface area (Å²) in [5.41, 5.74) is 7.39. The van der Waals surface area contributed by atoms with Crippen LogP contribution in [0.3, 0.4) is 0 Å². The summed E-state index contributed by atoms with van der Waals surface area (Å²) in [6, 6.07) is 9.65. The van der Waals surface area contributed by atoms with Crippen LogP contribution < -0.4 is 5.73 Å². The molecule has 1 amide bonds. The number of aromatic nitrogens is 2. The number of carbonyl (C=O) groups is 2. The third-order valence-corrected chi connectivity index (χ3v) is 4.65. The zero-order valence-corrected chi connectivity index (χ0v) is 14.8. The maximum atomic E-state index is 12.1. The van der Waals surface area contributed by atoms with Crippen molar-refractivity contribution in [1.29, 1.82) is 0 Å². The third-order valence-electron chi connectivity index (χ3n) is 4.65. The van der Waals surface area contributed by atoms with Gasteiger partial charge in [-0.05, 0) is 24.0 Å². The molecule has 0 saturated heterocycles. The first-order chi connectivity index (χ1) is 12.1. The maximum absolute atomic E-state index is 12.1. The number of ketones is 1. The van der Waals surface area contributed by atoms with Crippen molar-refractivity contribution in [2.75, 3.05) is 0 Å². The van der Waals surface area contributed by atoms with Crippen molar-refractivity contribution in [1.82, 2.24) is 10.2 Å². The Balaban J connectivity index is 0.000000236. The highest BCUT2D eigenvalue weighted by molar-refractivity contribution is 5.96. The molecule has 3 N–H and O–H groups in total. The van der Waals surface area contributed by atoms with E-state index in [9.17, 15) is 9.59 Å². The minimum Gasteiger partial charge on any atom is -0.364 e. The van der Waals surface area contributed by atoms with Gasteiger partial charge < -0.3 is 5.73 Å². The van der Waals surface area contributed by atoms with Gasteiger partial charge >= 0.3 is 0 Å². The number of aryl methyl sites for hydroxylation is 1. The van der Waals surface area contributed by atoms with Crippen LogP contribution in [0.1, 0.15) is 71.9 Å². The molecule has 3 rings (SSSR count). The number of hydrogen-bond donors (Lipinski definition) is 2. The van der Waals surface area contributed by atoms with Crippen molar-refractivity contribution >= 4 is 11.7 Å². The van der Waals surface area contributed by atoms with Crippen molar-refractivity contribution in [2.24, 2.45) is 11.7 Å². The molecule has 0 radical (unpaired) electrons. The van der Waals surface area contributed by atoms with Gasteiger partial charge in [0, 0.05) is 18.2 Å². The summed E-state index contributed by atoms with van der Waals surface area (Å²) in [7, 11) is 0. The Morgan fingerprint density at radius 2 is 1.80 bits per heavy atom. The normalized spacial score (nSPS) is 14.4. The third kappa shape index (κ3) is 6.18. The smallest absolute Gasteiger partial charge is 0.266 e. The summed E-state index contributed by atoms with van der Waals surface area (Å²) in [5, 5.41) is 5.93. The molecule has 0 spiro atoms. The van der Waals surface area contributed by atoms with Crippen LogP contribution in [0.25, 0.3) is 0 Å². The van der Waals surface area contributed by atoms with E-state index in [2.05, 4.69) is 29.3 Å². The number of nitrogens with zero attached hydrogens (tertiary/aromatic N) is 1. The van der Waals surface area contributed by atoms with Gasteiger partial charge in [0.05, 0.1) is 0 Å². The number of H-pyrrole nitrogens is 1. The molecule has 2 aromatic rings. The van der Waals surface area contributed by atoms with E-state index in [1.165, 1.54) is 49.9 Å². The van der Waals surface area contributed by atoms with Crippen molar-refractivity contribution < 1.29 is 9.59 Å². The monoisotopic (exact) mass is 341 g/mol. The summed E-state index contributed by atoms with van der Waals surface area (Å²) in [6.07, 6.45) is 9.75. The van der Waals surface area contributed by atoms with Crippen LogP contribution in [0.5, 0.6) is 0 Å². The molecule has 1 heterocycles. The topological polar surface area (TPSA) is 88.8 Å². The molecule has 1 fully saturated rings. The lowest BCUT2D eigenvalue weighted by atomic mass is 9.85. The van der Waals surface area contributed by atoms with Crippen LogP contribution >= 0.6 is 0 Å². The zero-order chi connectivity index (χ0) is 18.1. The highest BCUT2D eigenvalue weighted by Crippen LogP contribution is 2.27. The summed E-state index contributed by atoms with van der Waals surface area (Å²) < 4.78 is 0. The Hall–Kier alpha value is -2.43. The molecule has 134 valence electrons. The molecule has 1 aromatic heterocycles. The SMILES string of the molecule is CCc1ccc(C(=O)CC2CCCCC2)cc1.NC(=O)c1ccn[nH]1. The van der Waals surface area contributed by atoms with Gasteiger partial charge in [-0.15, -0.1) is 0 Å². The number of benzene rings is 1. The van der Waals surface area contributed by atoms with Crippen molar-refractivity contribution in [3.63, 3.8) is 0 Å². The van der Waals surface area contributed by atoms with Crippen LogP contribution in [0, 0.1) is 5.92 Å². The van der Waals surface area contributed by atoms with Gasteiger partial charge in [0.25, 0.3) is 5.91 Å². The van der Waals surface area contributed by atoms with E-state index < -0.39 is 5.91 Å². The number of primary amides is 1. The Bertz CT molecular complexity index is 657. The fourth-order valence-electron chi connectivity index (χ4n) is 3.09. The summed E-state index contributed by atoms with van der Waals surface area (Å²) in [6.45, 7) is 2.14. The van der Waals surface area contributed by atoms with E-state index in [1.54, 1.807) is 0 Å². The molecule has 0 unspecified atom stereocenters. The van der Waals surface area contributed by atoms with E-state index in [4.69, 9.17) is 5.73 Å². The molecule has 0 bridgehead atoms. The number of nitrogens with one attached hydrogen (secondary N) is 1. The van der Waals surface area contributed by atoms with Gasteiger partial charge in [0.1, 0.15) is 5.69 Å². The van der Waals surface area contributed by atoms with E-state index in [0.29, 0.717) is 17.4 Å². The fourth-order valence-corrected chi connectivity index (χ4v) is 3.09. The van der Waals surface area contributed by atoms with Gasteiger partial charge in [-0.2, -0.15) is 5.10 Å². The maximum Gasteiger partial charge on any atom is 0.266 e. The highest BCUT2D eigenvalue weighted by Gasteiger charge is 2.17. The molecule has 0 aliphatic heterocycles.